The number of benzene rings is 2. The number of nitrogens with zero attached hydrogens (tertiary/aromatic N) is 3. The van der Waals surface area contributed by atoms with Gasteiger partial charge in [0.2, 0.25) is 0 Å². The van der Waals surface area contributed by atoms with Gasteiger partial charge in [0, 0.05) is 79.3 Å². The molecule has 0 radical (unpaired) electrons. The number of aryl methyl sites for hydroxylation is 1. The van der Waals surface area contributed by atoms with Crippen molar-refractivity contribution < 1.29 is 5.11 Å². The van der Waals surface area contributed by atoms with Crippen molar-refractivity contribution in [3.8, 4) is 11.1 Å². The minimum Gasteiger partial charge on any atom is -0.404 e. The van der Waals surface area contributed by atoms with Gasteiger partial charge in [-0.2, -0.15) is 0 Å². The van der Waals surface area contributed by atoms with Gasteiger partial charge in [0.1, 0.15) is 5.82 Å². The third-order valence-electron chi connectivity index (χ3n) is 7.05. The predicted octanol–water partition coefficient (Wildman–Crippen LogP) is 6.68. The van der Waals surface area contributed by atoms with Crippen molar-refractivity contribution in [1.29, 1.82) is 0 Å². The second-order valence-corrected chi connectivity index (χ2v) is 10.3. The molecule has 216 valence electrons. The number of nitrogen functional groups attached to an aromatic ring is 1. The number of rotatable bonds is 13. The van der Waals surface area contributed by atoms with E-state index in [1.807, 2.05) is 30.3 Å². The topological polar surface area (TPSA) is 113 Å². The van der Waals surface area contributed by atoms with Crippen molar-refractivity contribution in [3.05, 3.63) is 102 Å². The minimum absolute atomic E-state index is 0.194. The maximum atomic E-state index is 9.56. The number of aliphatic hydroxyl groups is 1. The predicted molar refractivity (Wildman–Crippen MR) is 175 cm³/mol. The number of pyridine rings is 1. The number of allylic oxidation sites excluding steroid dienone is 3. The Morgan fingerprint density at radius 3 is 2.39 bits per heavy atom. The average Bonchev–Trinajstić information content (AvgIpc) is 2.96. The number of nitrogens with one attached hydrogen (secondary N) is 1. The van der Waals surface area contributed by atoms with Gasteiger partial charge in [0.05, 0.1) is 0 Å². The van der Waals surface area contributed by atoms with Gasteiger partial charge in [-0.15, -0.1) is 0 Å². The Hall–Kier alpha value is -4.36. The van der Waals surface area contributed by atoms with E-state index in [1.54, 1.807) is 19.5 Å². The molecule has 0 amide bonds. The van der Waals surface area contributed by atoms with Crippen molar-refractivity contribution in [1.82, 2.24) is 9.88 Å². The van der Waals surface area contributed by atoms with E-state index >= 15 is 0 Å². The molecule has 3 aromatic rings. The molecule has 0 saturated carbocycles. The molecule has 0 aliphatic carbocycles. The summed E-state index contributed by atoms with van der Waals surface area (Å²) in [5.74, 6) is 0.841. The van der Waals surface area contributed by atoms with Crippen LogP contribution < -0.4 is 16.8 Å². The lowest BCUT2D eigenvalue weighted by atomic mass is 10.0. The standard InChI is InChI=1S/C34H44N6O/c1-6-27(15-16-41)23-40(21-25(3)28-9-7-24(2)8-10-28)22-26(4)39-32-13-11-29(12-14-32)33-17-30(20-38-34(33)36)31(18-35)19-37-5/h7-14,17-22,27,39,41H,6,15-16,23,35H2,1-5H3,(H2,36,38)/b25-21+,26-22+,31-18?,37-19?. The van der Waals surface area contributed by atoms with Crippen molar-refractivity contribution in [2.45, 2.75) is 40.5 Å². The summed E-state index contributed by atoms with van der Waals surface area (Å²) in [7, 11) is 1.70. The highest BCUT2D eigenvalue weighted by atomic mass is 16.3. The van der Waals surface area contributed by atoms with Crippen LogP contribution in [0.2, 0.25) is 0 Å². The van der Waals surface area contributed by atoms with E-state index in [2.05, 4.69) is 84.6 Å². The molecule has 1 unspecified atom stereocenters. The third kappa shape index (κ3) is 9.08. The van der Waals surface area contributed by atoms with E-state index in [9.17, 15) is 5.11 Å². The zero-order valence-electron chi connectivity index (χ0n) is 24.9. The lowest BCUT2D eigenvalue weighted by Gasteiger charge is -2.24. The van der Waals surface area contributed by atoms with Crippen LogP contribution in [-0.4, -0.2) is 41.4 Å². The van der Waals surface area contributed by atoms with Crippen LogP contribution in [0.3, 0.4) is 0 Å². The molecule has 1 atom stereocenters. The van der Waals surface area contributed by atoms with Gasteiger partial charge in [-0.05, 0) is 68.0 Å². The highest BCUT2D eigenvalue weighted by molar-refractivity contribution is 6.10. The van der Waals surface area contributed by atoms with Crippen molar-refractivity contribution in [2.75, 3.05) is 31.2 Å². The molecular formula is C34H44N6O. The highest BCUT2D eigenvalue weighted by Gasteiger charge is 2.11. The summed E-state index contributed by atoms with van der Waals surface area (Å²) < 4.78 is 0. The van der Waals surface area contributed by atoms with E-state index in [0.29, 0.717) is 11.7 Å². The highest BCUT2D eigenvalue weighted by Crippen LogP contribution is 2.29. The monoisotopic (exact) mass is 552 g/mol. The van der Waals surface area contributed by atoms with Gasteiger partial charge in [-0.25, -0.2) is 4.98 Å². The maximum Gasteiger partial charge on any atom is 0.131 e. The van der Waals surface area contributed by atoms with Crippen LogP contribution in [0.4, 0.5) is 11.5 Å². The summed E-state index contributed by atoms with van der Waals surface area (Å²) in [6.45, 7) is 9.48. The number of hydrogen-bond donors (Lipinski definition) is 4. The summed E-state index contributed by atoms with van der Waals surface area (Å²) in [5.41, 5.74) is 21.0. The Morgan fingerprint density at radius 2 is 1.78 bits per heavy atom. The van der Waals surface area contributed by atoms with Gasteiger partial charge in [-0.3, -0.25) is 4.99 Å². The zero-order chi connectivity index (χ0) is 29.8. The number of hydrogen-bond acceptors (Lipinski definition) is 7. The number of anilines is 2. The Bertz CT molecular complexity index is 1390. The Kier molecular flexibility index (Phi) is 11.7. The summed E-state index contributed by atoms with van der Waals surface area (Å²) in [6, 6.07) is 18.7. The van der Waals surface area contributed by atoms with Crippen molar-refractivity contribution >= 4 is 28.9 Å². The molecule has 7 nitrogen and oxygen atoms in total. The summed E-state index contributed by atoms with van der Waals surface area (Å²) in [5, 5.41) is 13.1. The first-order valence-electron chi connectivity index (χ1n) is 14.1. The van der Waals surface area contributed by atoms with Crippen LogP contribution in [0.5, 0.6) is 0 Å². The fourth-order valence-electron chi connectivity index (χ4n) is 4.65. The van der Waals surface area contributed by atoms with Gasteiger partial charge in [0.25, 0.3) is 0 Å². The van der Waals surface area contributed by atoms with Crippen LogP contribution in [0, 0.1) is 12.8 Å². The fourth-order valence-corrected chi connectivity index (χ4v) is 4.65. The molecule has 0 aliphatic rings. The first kappa shape index (κ1) is 31.2. The average molecular weight is 553 g/mol. The van der Waals surface area contributed by atoms with Gasteiger partial charge in [0.15, 0.2) is 0 Å². The molecule has 0 aliphatic heterocycles. The van der Waals surface area contributed by atoms with E-state index in [0.717, 1.165) is 53.0 Å². The Morgan fingerprint density at radius 1 is 1.07 bits per heavy atom. The Balaban J connectivity index is 1.83. The van der Waals surface area contributed by atoms with Crippen molar-refractivity contribution in [2.24, 2.45) is 16.6 Å². The zero-order valence-corrected chi connectivity index (χ0v) is 24.9. The second kappa shape index (κ2) is 15.4. The number of aliphatic hydroxyl groups excluding tert-OH is 1. The summed E-state index contributed by atoms with van der Waals surface area (Å²) in [4.78, 5) is 10.7. The quantitative estimate of drug-likeness (QED) is 0.176. The van der Waals surface area contributed by atoms with Crippen LogP contribution in [0.1, 0.15) is 50.3 Å². The van der Waals surface area contributed by atoms with E-state index in [-0.39, 0.29) is 6.61 Å². The molecule has 0 bridgehead atoms. The summed E-state index contributed by atoms with van der Waals surface area (Å²) in [6.07, 6.45) is 11.0. The van der Waals surface area contributed by atoms with Crippen LogP contribution in [-0.2, 0) is 0 Å². The van der Waals surface area contributed by atoms with Crippen LogP contribution >= 0.6 is 0 Å². The lowest BCUT2D eigenvalue weighted by molar-refractivity contribution is 0.238. The number of aromatic nitrogens is 1. The first-order chi connectivity index (χ1) is 19.8. The molecule has 1 aromatic heterocycles. The fraction of sp³-hybridized carbons (Fsp3) is 0.294. The van der Waals surface area contributed by atoms with Crippen LogP contribution in [0.25, 0.3) is 22.3 Å². The van der Waals surface area contributed by atoms with Crippen molar-refractivity contribution in [3.63, 3.8) is 0 Å². The second-order valence-electron chi connectivity index (χ2n) is 10.3. The number of nitrogens with two attached hydrogens (primary N) is 2. The van der Waals surface area contributed by atoms with E-state index < -0.39 is 0 Å². The molecule has 7 heteroatoms. The molecule has 0 spiro atoms. The normalized spacial score (nSPS) is 13.5. The van der Waals surface area contributed by atoms with Gasteiger partial charge in [-0.1, -0.05) is 55.3 Å². The SMILES string of the molecule is CCC(CCO)CN(/C=C(\C)Nc1ccc(-c2cc(C(C=NC)=CN)cnc2N)cc1)/C=C(\C)c1ccc(C)cc1. The van der Waals surface area contributed by atoms with Crippen LogP contribution in [0.15, 0.2) is 90.1 Å². The molecule has 41 heavy (non-hydrogen) atoms. The summed E-state index contributed by atoms with van der Waals surface area (Å²) >= 11 is 0. The smallest absolute Gasteiger partial charge is 0.131 e. The molecule has 3 rings (SSSR count). The minimum atomic E-state index is 0.194. The molecule has 2 aromatic carbocycles. The molecule has 0 saturated heterocycles. The molecule has 6 N–H and O–H groups in total. The largest absolute Gasteiger partial charge is 0.404 e. The van der Waals surface area contributed by atoms with E-state index in [4.69, 9.17) is 11.5 Å². The maximum absolute atomic E-state index is 9.56. The molecule has 0 fully saturated rings. The van der Waals surface area contributed by atoms with Gasteiger partial charge < -0.3 is 26.8 Å². The first-order valence-corrected chi connectivity index (χ1v) is 14.1. The third-order valence-corrected chi connectivity index (χ3v) is 7.05. The number of aliphatic imine (C=N–C) groups is 1. The van der Waals surface area contributed by atoms with Gasteiger partial charge >= 0.3 is 0 Å². The lowest BCUT2D eigenvalue weighted by Crippen LogP contribution is -2.22. The van der Waals surface area contributed by atoms with E-state index in [1.165, 1.54) is 22.9 Å². The Labute approximate surface area is 245 Å². The molecular weight excluding hydrogens is 508 g/mol. The molecule has 1 heterocycles.